The van der Waals surface area contributed by atoms with Crippen molar-refractivity contribution in [2.45, 2.75) is 0 Å². The van der Waals surface area contributed by atoms with Crippen LogP contribution in [-0.4, -0.2) is 15.0 Å². The normalized spacial score (nSPS) is 11.4. The average Bonchev–Trinajstić information content (AvgIpc) is 3.30. The molecule has 0 unspecified atom stereocenters. The Bertz CT molecular complexity index is 3330. The Balaban J connectivity index is 1.01. The van der Waals surface area contributed by atoms with Crippen LogP contribution in [0.1, 0.15) is 0 Å². The van der Waals surface area contributed by atoms with Gasteiger partial charge in [-0.1, -0.05) is 176 Å². The van der Waals surface area contributed by atoms with Gasteiger partial charge >= 0.3 is 0 Å². The summed E-state index contributed by atoms with van der Waals surface area (Å²) in [6, 6.07) is 75.6. The second-order valence-corrected chi connectivity index (χ2v) is 14.9. The van der Waals surface area contributed by atoms with Crippen LogP contribution < -0.4 is 0 Å². The Morgan fingerprint density at radius 1 is 0.172 bits per heavy atom. The summed E-state index contributed by atoms with van der Waals surface area (Å²) in [5.41, 5.74) is 9.89. The van der Waals surface area contributed by atoms with Gasteiger partial charge in [0.25, 0.3) is 0 Å². The van der Waals surface area contributed by atoms with Gasteiger partial charge in [-0.15, -0.1) is 0 Å². The molecule has 270 valence electrons. The lowest BCUT2D eigenvalue weighted by atomic mass is 9.97. The van der Waals surface area contributed by atoms with Gasteiger partial charge in [0.1, 0.15) is 0 Å². The van der Waals surface area contributed by atoms with Gasteiger partial charge in [0.05, 0.1) is 0 Å². The maximum Gasteiger partial charge on any atom is 0.164 e. The highest BCUT2D eigenvalue weighted by molar-refractivity contribution is 5.94. The molecule has 0 bridgehead atoms. The average molecular weight is 738 g/mol. The molecular weight excluding hydrogens is 703 g/mol. The van der Waals surface area contributed by atoms with Crippen LogP contribution in [0.25, 0.3) is 111 Å². The van der Waals surface area contributed by atoms with Crippen molar-refractivity contribution in [1.29, 1.82) is 0 Å². The highest BCUT2D eigenvalue weighted by Gasteiger charge is 2.15. The first-order valence-corrected chi connectivity index (χ1v) is 19.7. The molecule has 0 saturated carbocycles. The maximum absolute atomic E-state index is 5.16. The quantitative estimate of drug-likeness (QED) is 0.171. The van der Waals surface area contributed by atoms with Crippen molar-refractivity contribution in [3.05, 3.63) is 212 Å². The van der Waals surface area contributed by atoms with E-state index in [-0.39, 0.29) is 0 Å². The van der Waals surface area contributed by atoms with E-state index in [9.17, 15) is 0 Å². The molecule has 1 heterocycles. The standard InChI is InChI=1S/C55H35N3/c1-2-8-36(9-3-1)44-25-26-48-33-50(29-27-47(48)32-44)54-56-53(41-20-14-39(15-21-41)45-22-16-37-10-4-6-12-42(37)30-45)57-55(58-54)51-28-19-40-18-24-49(34-52(40)35-51)46-23-17-38-11-5-7-13-43(38)31-46/h1-35H. The van der Waals surface area contributed by atoms with E-state index in [0.29, 0.717) is 17.5 Å². The molecule has 0 amide bonds. The number of aromatic nitrogens is 3. The summed E-state index contributed by atoms with van der Waals surface area (Å²) in [6.07, 6.45) is 0. The Morgan fingerprint density at radius 2 is 0.448 bits per heavy atom. The van der Waals surface area contributed by atoms with Crippen LogP contribution in [0.15, 0.2) is 212 Å². The van der Waals surface area contributed by atoms with E-state index < -0.39 is 0 Å². The van der Waals surface area contributed by atoms with Crippen LogP contribution in [0.2, 0.25) is 0 Å². The largest absolute Gasteiger partial charge is 0.208 e. The molecule has 0 aliphatic rings. The van der Waals surface area contributed by atoms with Gasteiger partial charge in [0.15, 0.2) is 17.5 Å². The predicted octanol–water partition coefficient (Wildman–Crippen LogP) is 14.5. The van der Waals surface area contributed by atoms with E-state index in [4.69, 9.17) is 15.0 Å². The van der Waals surface area contributed by atoms with Crippen molar-refractivity contribution in [2.75, 3.05) is 0 Å². The zero-order valence-corrected chi connectivity index (χ0v) is 31.5. The van der Waals surface area contributed by atoms with Crippen LogP contribution in [0, 0.1) is 0 Å². The fourth-order valence-electron chi connectivity index (χ4n) is 8.07. The van der Waals surface area contributed by atoms with Gasteiger partial charge < -0.3 is 0 Å². The fraction of sp³-hybridized carbons (Fsp3) is 0. The highest BCUT2D eigenvalue weighted by Crippen LogP contribution is 2.34. The Kier molecular flexibility index (Phi) is 8.15. The summed E-state index contributed by atoms with van der Waals surface area (Å²) in [4.78, 5) is 15.4. The van der Waals surface area contributed by atoms with E-state index in [1.165, 1.54) is 54.7 Å². The third-order valence-corrected chi connectivity index (χ3v) is 11.2. The van der Waals surface area contributed by atoms with Crippen LogP contribution in [-0.2, 0) is 0 Å². The number of hydrogen-bond donors (Lipinski definition) is 0. The SMILES string of the molecule is c1ccc(-c2ccc3cc(-c4nc(-c5ccc(-c6ccc7ccccc7c6)cc5)nc(-c5ccc6ccc(-c7ccc8ccccc8c7)cc6c5)n4)ccc3c2)cc1. The van der Waals surface area contributed by atoms with E-state index >= 15 is 0 Å². The summed E-state index contributed by atoms with van der Waals surface area (Å²) in [5, 5.41) is 9.52. The predicted molar refractivity (Wildman–Crippen MR) is 242 cm³/mol. The summed E-state index contributed by atoms with van der Waals surface area (Å²) in [6.45, 7) is 0. The molecule has 0 fully saturated rings. The molecule has 3 heteroatoms. The maximum atomic E-state index is 5.16. The molecule has 0 radical (unpaired) electrons. The lowest BCUT2D eigenvalue weighted by Gasteiger charge is -2.11. The van der Waals surface area contributed by atoms with Crippen LogP contribution in [0.3, 0.4) is 0 Å². The van der Waals surface area contributed by atoms with E-state index in [1.807, 2.05) is 0 Å². The zero-order valence-electron chi connectivity index (χ0n) is 31.5. The first kappa shape index (κ1) is 33.6. The van der Waals surface area contributed by atoms with Crippen molar-refractivity contribution in [2.24, 2.45) is 0 Å². The van der Waals surface area contributed by atoms with Gasteiger partial charge in [-0.05, 0) is 113 Å². The third-order valence-electron chi connectivity index (χ3n) is 11.2. The molecule has 1 aromatic heterocycles. The van der Waals surface area contributed by atoms with Gasteiger partial charge in [-0.2, -0.15) is 0 Å². The van der Waals surface area contributed by atoms with Gasteiger partial charge in [0.2, 0.25) is 0 Å². The minimum absolute atomic E-state index is 0.634. The van der Waals surface area contributed by atoms with Crippen LogP contribution in [0.5, 0.6) is 0 Å². The summed E-state index contributed by atoms with van der Waals surface area (Å²) in [7, 11) is 0. The lowest BCUT2D eigenvalue weighted by Crippen LogP contribution is -2.00. The molecule has 0 atom stereocenters. The van der Waals surface area contributed by atoms with Crippen LogP contribution in [0.4, 0.5) is 0 Å². The van der Waals surface area contributed by atoms with Crippen molar-refractivity contribution in [3.63, 3.8) is 0 Å². The number of benzene rings is 10. The molecule has 0 spiro atoms. The van der Waals surface area contributed by atoms with Gasteiger partial charge in [0, 0.05) is 16.7 Å². The minimum Gasteiger partial charge on any atom is -0.208 e. The zero-order chi connectivity index (χ0) is 38.4. The van der Waals surface area contributed by atoms with E-state index in [1.54, 1.807) is 0 Å². The van der Waals surface area contributed by atoms with Crippen molar-refractivity contribution in [3.8, 4) is 67.5 Å². The first-order valence-electron chi connectivity index (χ1n) is 19.7. The van der Waals surface area contributed by atoms with Crippen molar-refractivity contribution in [1.82, 2.24) is 15.0 Å². The van der Waals surface area contributed by atoms with Gasteiger partial charge in [-0.25, -0.2) is 15.0 Å². The van der Waals surface area contributed by atoms with Crippen molar-refractivity contribution >= 4 is 43.1 Å². The number of rotatable bonds is 6. The van der Waals surface area contributed by atoms with Crippen molar-refractivity contribution < 1.29 is 0 Å². The Morgan fingerprint density at radius 3 is 0.966 bits per heavy atom. The second-order valence-electron chi connectivity index (χ2n) is 14.9. The summed E-state index contributed by atoms with van der Waals surface area (Å²) < 4.78 is 0. The molecule has 0 saturated heterocycles. The molecule has 58 heavy (non-hydrogen) atoms. The molecule has 11 aromatic rings. The molecule has 0 aliphatic heterocycles. The van der Waals surface area contributed by atoms with E-state index in [0.717, 1.165) is 38.4 Å². The molecule has 11 rings (SSSR count). The second kappa shape index (κ2) is 14.1. The number of nitrogens with zero attached hydrogens (tertiary/aromatic N) is 3. The highest BCUT2D eigenvalue weighted by atomic mass is 15.0. The van der Waals surface area contributed by atoms with Crippen LogP contribution >= 0.6 is 0 Å². The minimum atomic E-state index is 0.634. The number of hydrogen-bond acceptors (Lipinski definition) is 3. The molecule has 3 nitrogen and oxygen atoms in total. The van der Waals surface area contributed by atoms with E-state index in [2.05, 4.69) is 212 Å². The Labute approximate surface area is 336 Å². The summed E-state index contributed by atoms with van der Waals surface area (Å²) in [5.74, 6) is 1.91. The first-order chi connectivity index (χ1) is 28.7. The molecule has 0 N–H and O–H groups in total. The lowest BCUT2D eigenvalue weighted by molar-refractivity contribution is 1.08. The fourth-order valence-corrected chi connectivity index (χ4v) is 8.07. The summed E-state index contributed by atoms with van der Waals surface area (Å²) >= 11 is 0. The number of fused-ring (bicyclic) bond motifs is 4. The third kappa shape index (κ3) is 6.35. The van der Waals surface area contributed by atoms with Gasteiger partial charge in [-0.3, -0.25) is 0 Å². The Hall–Kier alpha value is -7.75. The topological polar surface area (TPSA) is 38.7 Å². The molecule has 10 aromatic carbocycles. The molecule has 0 aliphatic carbocycles. The monoisotopic (exact) mass is 737 g/mol. The smallest absolute Gasteiger partial charge is 0.164 e. The molecular formula is C55H35N3.